The van der Waals surface area contributed by atoms with Gasteiger partial charge >= 0.3 is 0 Å². The minimum absolute atomic E-state index is 0.429. The van der Waals surface area contributed by atoms with Crippen molar-refractivity contribution < 1.29 is 0 Å². The molecule has 0 radical (unpaired) electrons. The highest BCUT2D eigenvalue weighted by Crippen LogP contribution is 2.63. The van der Waals surface area contributed by atoms with Gasteiger partial charge in [0.15, 0.2) is 5.69 Å². The summed E-state index contributed by atoms with van der Waals surface area (Å²) in [6, 6.07) is 60.2. The maximum absolute atomic E-state index is 10.0. The largest absolute Gasteiger partial charge is 0.310 e. The van der Waals surface area contributed by atoms with Crippen molar-refractivity contribution in [3.63, 3.8) is 0 Å². The summed E-state index contributed by atoms with van der Waals surface area (Å²) in [6.07, 6.45) is 3.78. The van der Waals surface area contributed by atoms with Gasteiger partial charge in [-0.3, -0.25) is 4.98 Å². The fourth-order valence-electron chi connectivity index (χ4n) is 9.36. The van der Waals surface area contributed by atoms with Gasteiger partial charge in [-0.2, -0.15) is 5.26 Å². The van der Waals surface area contributed by atoms with Crippen LogP contribution in [0.25, 0.3) is 54.6 Å². The standard InChI is InChI=1S/C50H29N5/c1-52-35-25-32(30-51)24-33(26-35)34-27-36(54-46-19-9-4-14-40(46)41-31-53-23-22-47(41)54)29-37(28-34)55-48-20-10-7-17-44(48)50(45-18-8-11-21-49(45)55)42-15-5-2-12-38(42)39-13-3-6-16-43(39)50/h2-29,31H. The van der Waals surface area contributed by atoms with E-state index in [1.807, 2.05) is 24.5 Å². The number of fused-ring (bicyclic) bond motifs is 12. The van der Waals surface area contributed by atoms with Crippen LogP contribution in [0.1, 0.15) is 27.8 Å². The van der Waals surface area contributed by atoms with Crippen molar-refractivity contribution in [1.29, 1.82) is 5.26 Å². The van der Waals surface area contributed by atoms with Crippen LogP contribution in [0.3, 0.4) is 0 Å². The van der Waals surface area contributed by atoms with Crippen LogP contribution in [0.2, 0.25) is 0 Å². The summed E-state index contributed by atoms with van der Waals surface area (Å²) in [5, 5.41) is 12.2. The van der Waals surface area contributed by atoms with E-state index in [9.17, 15) is 5.26 Å². The van der Waals surface area contributed by atoms with Gasteiger partial charge in [0, 0.05) is 40.1 Å². The Bertz CT molecular complexity index is 2980. The van der Waals surface area contributed by atoms with Crippen molar-refractivity contribution in [1.82, 2.24) is 9.55 Å². The summed E-state index contributed by atoms with van der Waals surface area (Å²) < 4.78 is 2.30. The molecule has 0 N–H and O–H groups in total. The van der Waals surface area contributed by atoms with E-state index in [1.54, 1.807) is 6.07 Å². The van der Waals surface area contributed by atoms with E-state index in [0.29, 0.717) is 11.3 Å². The van der Waals surface area contributed by atoms with E-state index < -0.39 is 5.41 Å². The summed E-state index contributed by atoms with van der Waals surface area (Å²) in [5.74, 6) is 0. The third kappa shape index (κ3) is 4.24. The molecule has 1 aliphatic heterocycles. The summed E-state index contributed by atoms with van der Waals surface area (Å²) in [4.78, 5) is 10.6. The predicted octanol–water partition coefficient (Wildman–Crippen LogP) is 12.4. The molecule has 0 atom stereocenters. The highest BCUT2D eigenvalue weighted by Gasteiger charge is 2.51. The molecule has 9 aromatic rings. The molecule has 11 rings (SSSR count). The van der Waals surface area contributed by atoms with E-state index in [-0.39, 0.29) is 0 Å². The molecule has 2 aliphatic rings. The first-order chi connectivity index (χ1) is 27.2. The van der Waals surface area contributed by atoms with Gasteiger partial charge < -0.3 is 9.47 Å². The van der Waals surface area contributed by atoms with Crippen LogP contribution < -0.4 is 4.90 Å². The number of aromatic nitrogens is 2. The molecule has 3 heterocycles. The van der Waals surface area contributed by atoms with Gasteiger partial charge in [-0.05, 0) is 105 Å². The zero-order chi connectivity index (χ0) is 36.7. The topological polar surface area (TPSA) is 49.2 Å². The van der Waals surface area contributed by atoms with Crippen LogP contribution in [0.5, 0.6) is 0 Å². The number of benzene rings is 7. The molecule has 1 aliphatic carbocycles. The Labute approximate surface area is 318 Å². The maximum Gasteiger partial charge on any atom is 0.189 e. The van der Waals surface area contributed by atoms with E-state index >= 15 is 0 Å². The SMILES string of the molecule is [C-]#[N+]c1cc(C#N)cc(-c2cc(N3c4ccccc4C4(c5ccccc5-c5ccccc54)c4ccccc43)cc(-n3c4ccccc4c4cnccc43)c2)c1. The van der Waals surface area contributed by atoms with E-state index in [1.165, 1.54) is 33.4 Å². The van der Waals surface area contributed by atoms with Gasteiger partial charge in [0.25, 0.3) is 0 Å². The molecule has 0 amide bonds. The van der Waals surface area contributed by atoms with Gasteiger partial charge in [0.1, 0.15) is 0 Å². The molecular formula is C50H29N5. The third-order valence-corrected chi connectivity index (χ3v) is 11.5. The second-order valence-electron chi connectivity index (χ2n) is 14.2. The smallest absolute Gasteiger partial charge is 0.189 e. The second-order valence-corrected chi connectivity index (χ2v) is 14.2. The van der Waals surface area contributed by atoms with Crippen LogP contribution in [-0.4, -0.2) is 9.55 Å². The number of rotatable bonds is 3. The molecule has 1 spiro atoms. The van der Waals surface area contributed by atoms with Crippen molar-refractivity contribution in [2.45, 2.75) is 5.41 Å². The normalized spacial score (nSPS) is 13.2. The lowest BCUT2D eigenvalue weighted by atomic mass is 9.64. The Morgan fingerprint density at radius 1 is 0.564 bits per heavy atom. The minimum Gasteiger partial charge on any atom is -0.310 e. The van der Waals surface area contributed by atoms with Crippen LogP contribution in [0.15, 0.2) is 176 Å². The quantitative estimate of drug-likeness (QED) is 0.173. The number of hydrogen-bond donors (Lipinski definition) is 0. The maximum atomic E-state index is 10.0. The average molecular weight is 700 g/mol. The Morgan fingerprint density at radius 2 is 1.15 bits per heavy atom. The van der Waals surface area contributed by atoms with Gasteiger partial charge in [-0.15, -0.1) is 0 Å². The fraction of sp³-hybridized carbons (Fsp3) is 0.0200. The van der Waals surface area contributed by atoms with Crippen LogP contribution in [0, 0.1) is 17.9 Å². The molecule has 55 heavy (non-hydrogen) atoms. The number of hydrogen-bond acceptors (Lipinski definition) is 3. The van der Waals surface area contributed by atoms with Crippen molar-refractivity contribution in [3.05, 3.63) is 215 Å². The monoisotopic (exact) mass is 699 g/mol. The number of nitrogens with zero attached hydrogens (tertiary/aromatic N) is 5. The van der Waals surface area contributed by atoms with Crippen LogP contribution >= 0.6 is 0 Å². The molecule has 2 aromatic heterocycles. The first-order valence-corrected chi connectivity index (χ1v) is 18.3. The molecular weight excluding hydrogens is 671 g/mol. The van der Waals surface area contributed by atoms with Gasteiger partial charge in [-0.1, -0.05) is 103 Å². The molecule has 5 heteroatoms. The van der Waals surface area contributed by atoms with E-state index in [0.717, 1.165) is 55.7 Å². The summed E-state index contributed by atoms with van der Waals surface area (Å²) in [5.41, 5.74) is 15.8. The third-order valence-electron chi connectivity index (χ3n) is 11.5. The number of para-hydroxylation sites is 3. The highest BCUT2D eigenvalue weighted by atomic mass is 15.2. The molecule has 254 valence electrons. The summed E-state index contributed by atoms with van der Waals surface area (Å²) >= 11 is 0. The van der Waals surface area contributed by atoms with E-state index in [4.69, 9.17) is 6.57 Å². The number of nitriles is 1. The Balaban J connectivity index is 1.24. The van der Waals surface area contributed by atoms with Crippen molar-refractivity contribution in [2.75, 3.05) is 4.90 Å². The molecule has 0 unspecified atom stereocenters. The predicted molar refractivity (Wildman–Crippen MR) is 221 cm³/mol. The Hall–Kier alpha value is -7.73. The van der Waals surface area contributed by atoms with Crippen molar-refractivity contribution >= 4 is 44.6 Å². The van der Waals surface area contributed by atoms with Crippen LogP contribution in [-0.2, 0) is 5.41 Å². The minimum atomic E-state index is -0.525. The zero-order valence-corrected chi connectivity index (χ0v) is 29.5. The number of anilines is 3. The first-order valence-electron chi connectivity index (χ1n) is 18.3. The van der Waals surface area contributed by atoms with Crippen LogP contribution in [0.4, 0.5) is 22.7 Å². The molecule has 0 saturated carbocycles. The average Bonchev–Trinajstić information content (AvgIpc) is 3.75. The summed E-state index contributed by atoms with van der Waals surface area (Å²) in [6.45, 7) is 7.86. The highest BCUT2D eigenvalue weighted by molar-refractivity contribution is 6.09. The van der Waals surface area contributed by atoms with Gasteiger partial charge in [-0.25, -0.2) is 4.85 Å². The lowest BCUT2D eigenvalue weighted by Gasteiger charge is -2.45. The van der Waals surface area contributed by atoms with Crippen molar-refractivity contribution in [2.24, 2.45) is 0 Å². The van der Waals surface area contributed by atoms with E-state index in [2.05, 4.69) is 171 Å². The zero-order valence-electron chi connectivity index (χ0n) is 29.5. The molecule has 0 bridgehead atoms. The number of pyridine rings is 1. The fourth-order valence-corrected chi connectivity index (χ4v) is 9.36. The Kier molecular flexibility index (Phi) is 6.53. The van der Waals surface area contributed by atoms with Crippen molar-refractivity contribution in [3.8, 4) is 34.0 Å². The second kappa shape index (κ2) is 11.6. The Morgan fingerprint density at radius 3 is 1.84 bits per heavy atom. The summed E-state index contributed by atoms with van der Waals surface area (Å²) in [7, 11) is 0. The molecule has 0 saturated heterocycles. The first kappa shape index (κ1) is 30.9. The molecule has 5 nitrogen and oxygen atoms in total. The van der Waals surface area contributed by atoms with Gasteiger partial charge in [0.05, 0.1) is 40.5 Å². The molecule has 7 aromatic carbocycles. The lowest BCUT2D eigenvalue weighted by Crippen LogP contribution is -2.36. The lowest BCUT2D eigenvalue weighted by molar-refractivity contribution is 0.752. The molecule has 0 fully saturated rings. The van der Waals surface area contributed by atoms with Gasteiger partial charge in [0.2, 0.25) is 0 Å².